The van der Waals surface area contributed by atoms with Gasteiger partial charge in [0.25, 0.3) is 10.0 Å². The van der Waals surface area contributed by atoms with Gasteiger partial charge in [-0.1, -0.05) is 29.8 Å². The lowest BCUT2D eigenvalue weighted by molar-refractivity contribution is -0.114. The van der Waals surface area contributed by atoms with Crippen molar-refractivity contribution in [1.29, 1.82) is 0 Å². The zero-order valence-corrected chi connectivity index (χ0v) is 20.6. The van der Waals surface area contributed by atoms with E-state index in [0.717, 1.165) is 4.31 Å². The topological polar surface area (TPSA) is 92.8 Å². The minimum Gasteiger partial charge on any atom is -0.462 e. The van der Waals surface area contributed by atoms with Gasteiger partial charge in [0.15, 0.2) is 0 Å². The molecule has 0 heterocycles. The van der Waals surface area contributed by atoms with Crippen molar-refractivity contribution in [2.45, 2.75) is 25.7 Å². The Bertz CT molecular complexity index is 1310. The number of amides is 1. The number of nitrogens with zero attached hydrogens (tertiary/aromatic N) is 1. The van der Waals surface area contributed by atoms with E-state index < -0.39 is 28.4 Å². The highest BCUT2D eigenvalue weighted by Crippen LogP contribution is 2.29. The highest BCUT2D eigenvalue weighted by atomic mass is 35.5. The van der Waals surface area contributed by atoms with Crippen molar-refractivity contribution in [3.05, 3.63) is 88.4 Å². The van der Waals surface area contributed by atoms with Crippen LogP contribution in [-0.4, -0.2) is 33.4 Å². The maximum absolute atomic E-state index is 13.5. The summed E-state index contributed by atoms with van der Waals surface area (Å²) in [6, 6.07) is 17.4. The van der Waals surface area contributed by atoms with E-state index in [1.807, 2.05) is 0 Å². The second-order valence-corrected chi connectivity index (χ2v) is 9.85. The Balaban J connectivity index is 1.91. The number of nitrogens with one attached hydrogen (secondary N) is 1. The van der Waals surface area contributed by atoms with E-state index in [1.54, 1.807) is 75.4 Å². The number of hydrogen-bond acceptors (Lipinski definition) is 5. The number of carbonyl (C=O) groups excluding carboxylic acids is 2. The molecule has 0 radical (unpaired) electrons. The second kappa shape index (κ2) is 10.7. The van der Waals surface area contributed by atoms with Gasteiger partial charge >= 0.3 is 5.97 Å². The van der Waals surface area contributed by atoms with Crippen LogP contribution in [0.25, 0.3) is 0 Å². The molecule has 1 amide bonds. The third kappa shape index (κ3) is 5.76. The van der Waals surface area contributed by atoms with E-state index in [2.05, 4.69) is 5.32 Å². The third-order valence-corrected chi connectivity index (χ3v) is 7.07. The maximum atomic E-state index is 13.5. The van der Waals surface area contributed by atoms with Gasteiger partial charge in [-0.05, 0) is 80.4 Å². The number of anilines is 2. The van der Waals surface area contributed by atoms with E-state index in [1.165, 1.54) is 12.1 Å². The van der Waals surface area contributed by atoms with Crippen molar-refractivity contribution in [1.82, 2.24) is 0 Å². The van der Waals surface area contributed by atoms with Crippen LogP contribution in [0.1, 0.15) is 28.4 Å². The van der Waals surface area contributed by atoms with Crippen molar-refractivity contribution in [3.8, 4) is 0 Å². The summed E-state index contributed by atoms with van der Waals surface area (Å²) in [6.07, 6.45) is 0. The summed E-state index contributed by atoms with van der Waals surface area (Å²) in [5, 5.41) is 3.20. The summed E-state index contributed by atoms with van der Waals surface area (Å²) >= 11 is 6.06. The van der Waals surface area contributed by atoms with Crippen LogP contribution in [0.3, 0.4) is 0 Å². The first kappa shape index (κ1) is 25.3. The van der Waals surface area contributed by atoms with Gasteiger partial charge in [0.05, 0.1) is 22.8 Å². The fraction of sp³-hybridized carbons (Fsp3) is 0.200. The summed E-state index contributed by atoms with van der Waals surface area (Å²) in [4.78, 5) is 25.0. The van der Waals surface area contributed by atoms with E-state index in [-0.39, 0.29) is 11.5 Å². The monoisotopic (exact) mass is 500 g/mol. The van der Waals surface area contributed by atoms with Crippen LogP contribution in [0.15, 0.2) is 71.6 Å². The van der Waals surface area contributed by atoms with Crippen molar-refractivity contribution in [2.24, 2.45) is 0 Å². The quantitative estimate of drug-likeness (QED) is 0.441. The Kier molecular flexibility index (Phi) is 7.96. The number of aryl methyl sites for hydroxylation is 2. The van der Waals surface area contributed by atoms with Gasteiger partial charge < -0.3 is 10.1 Å². The molecular formula is C25H25ClN2O5S. The maximum Gasteiger partial charge on any atom is 0.338 e. The Morgan fingerprint density at radius 3 is 2.29 bits per heavy atom. The van der Waals surface area contributed by atoms with Gasteiger partial charge in [-0.2, -0.15) is 0 Å². The summed E-state index contributed by atoms with van der Waals surface area (Å²) < 4.78 is 33.0. The molecule has 0 bridgehead atoms. The normalized spacial score (nSPS) is 11.1. The molecule has 0 aliphatic heterocycles. The first-order chi connectivity index (χ1) is 16.1. The SMILES string of the molecule is CCOC(=O)c1ccc(NC(=O)CN(c2ccc(Cl)cc2C)S(=O)(=O)c2ccccc2)c(C)c1. The van der Waals surface area contributed by atoms with Crippen molar-refractivity contribution < 1.29 is 22.7 Å². The molecule has 9 heteroatoms. The summed E-state index contributed by atoms with van der Waals surface area (Å²) in [7, 11) is -4.04. The largest absolute Gasteiger partial charge is 0.462 e. The average Bonchev–Trinajstić information content (AvgIpc) is 2.80. The van der Waals surface area contributed by atoms with E-state index in [4.69, 9.17) is 16.3 Å². The molecule has 0 aromatic heterocycles. The molecule has 0 saturated heterocycles. The van der Waals surface area contributed by atoms with Crippen molar-refractivity contribution in [3.63, 3.8) is 0 Å². The van der Waals surface area contributed by atoms with Crippen LogP contribution in [-0.2, 0) is 19.6 Å². The Morgan fingerprint density at radius 2 is 1.68 bits per heavy atom. The molecule has 7 nitrogen and oxygen atoms in total. The van der Waals surface area contributed by atoms with Crippen LogP contribution in [0.5, 0.6) is 0 Å². The van der Waals surface area contributed by atoms with Gasteiger partial charge in [0.2, 0.25) is 5.91 Å². The van der Waals surface area contributed by atoms with Crippen molar-refractivity contribution in [2.75, 3.05) is 22.8 Å². The number of esters is 1. The average molecular weight is 501 g/mol. The van der Waals surface area contributed by atoms with Gasteiger partial charge in [0, 0.05) is 10.7 Å². The van der Waals surface area contributed by atoms with Gasteiger partial charge in [-0.3, -0.25) is 9.10 Å². The number of carbonyl (C=O) groups is 2. The molecule has 0 atom stereocenters. The fourth-order valence-electron chi connectivity index (χ4n) is 3.38. The predicted molar refractivity (Wildman–Crippen MR) is 133 cm³/mol. The number of ether oxygens (including phenoxy) is 1. The van der Waals surface area contributed by atoms with Crippen LogP contribution < -0.4 is 9.62 Å². The molecule has 0 spiro atoms. The Labute approximate surface area is 204 Å². The highest BCUT2D eigenvalue weighted by molar-refractivity contribution is 7.92. The van der Waals surface area contributed by atoms with Crippen LogP contribution in [0.2, 0.25) is 5.02 Å². The molecule has 0 saturated carbocycles. The lowest BCUT2D eigenvalue weighted by Gasteiger charge is -2.26. The summed E-state index contributed by atoms with van der Waals surface area (Å²) in [6.45, 7) is 4.98. The molecular weight excluding hydrogens is 476 g/mol. The molecule has 0 unspecified atom stereocenters. The minimum atomic E-state index is -4.04. The number of sulfonamides is 1. The number of benzene rings is 3. The molecule has 0 fully saturated rings. The first-order valence-electron chi connectivity index (χ1n) is 10.5. The summed E-state index contributed by atoms with van der Waals surface area (Å²) in [5.41, 5.74) is 2.41. The third-order valence-electron chi connectivity index (χ3n) is 5.06. The van der Waals surface area contributed by atoms with Gasteiger partial charge in [-0.25, -0.2) is 13.2 Å². The molecule has 0 aliphatic carbocycles. The number of hydrogen-bond donors (Lipinski definition) is 1. The van der Waals surface area contributed by atoms with Crippen molar-refractivity contribution >= 4 is 44.9 Å². The summed E-state index contributed by atoms with van der Waals surface area (Å²) in [5.74, 6) is -0.998. The number of halogens is 1. The van der Waals surface area contributed by atoms with E-state index in [0.29, 0.717) is 33.1 Å². The lowest BCUT2D eigenvalue weighted by Crippen LogP contribution is -2.38. The molecule has 3 aromatic carbocycles. The first-order valence-corrected chi connectivity index (χ1v) is 12.4. The Morgan fingerprint density at radius 1 is 0.971 bits per heavy atom. The smallest absolute Gasteiger partial charge is 0.338 e. The van der Waals surface area contributed by atoms with Crippen LogP contribution in [0, 0.1) is 13.8 Å². The molecule has 3 aromatic rings. The molecule has 34 heavy (non-hydrogen) atoms. The zero-order valence-electron chi connectivity index (χ0n) is 19.0. The standard InChI is InChI=1S/C25H25ClN2O5S/c1-4-33-25(30)19-10-12-22(17(2)14-19)27-24(29)16-28(23-13-11-20(26)15-18(23)3)34(31,32)21-8-6-5-7-9-21/h5-15H,4,16H2,1-3H3,(H,27,29). The fourth-order valence-corrected chi connectivity index (χ4v) is 5.12. The predicted octanol–water partition coefficient (Wildman–Crippen LogP) is 4.97. The minimum absolute atomic E-state index is 0.0621. The molecule has 3 rings (SSSR count). The molecule has 0 aliphatic rings. The zero-order chi connectivity index (χ0) is 24.9. The van der Waals surface area contributed by atoms with Crippen LogP contribution in [0.4, 0.5) is 11.4 Å². The van der Waals surface area contributed by atoms with Gasteiger partial charge in [0.1, 0.15) is 6.54 Å². The number of rotatable bonds is 8. The van der Waals surface area contributed by atoms with E-state index >= 15 is 0 Å². The van der Waals surface area contributed by atoms with Gasteiger partial charge in [-0.15, -0.1) is 0 Å². The van der Waals surface area contributed by atoms with E-state index in [9.17, 15) is 18.0 Å². The Hall–Kier alpha value is -3.36. The second-order valence-electron chi connectivity index (χ2n) is 7.55. The molecule has 1 N–H and O–H groups in total. The highest BCUT2D eigenvalue weighted by Gasteiger charge is 2.28. The lowest BCUT2D eigenvalue weighted by atomic mass is 10.1. The van der Waals surface area contributed by atoms with Crippen LogP contribution >= 0.6 is 11.6 Å². The molecule has 178 valence electrons.